The first kappa shape index (κ1) is 12.3. The van der Waals surface area contributed by atoms with Crippen LogP contribution in [0, 0.1) is 23.7 Å². The van der Waals surface area contributed by atoms with Crippen LogP contribution in [0.3, 0.4) is 0 Å². The predicted octanol–water partition coefficient (Wildman–Crippen LogP) is 2.79. The van der Waals surface area contributed by atoms with Crippen LogP contribution in [0.4, 0.5) is 0 Å². The third-order valence-corrected chi connectivity index (χ3v) is 2.37. The minimum absolute atomic E-state index is 0.0855. The number of hydrogen-bond donors (Lipinski definition) is 1. The molecule has 1 aromatic carbocycles. The van der Waals surface area contributed by atoms with Gasteiger partial charge < -0.3 is 5.11 Å². The summed E-state index contributed by atoms with van der Waals surface area (Å²) in [6.45, 7) is 3.99. The third-order valence-electron chi connectivity index (χ3n) is 2.37. The molecule has 0 saturated heterocycles. The van der Waals surface area contributed by atoms with Crippen molar-refractivity contribution in [1.82, 2.24) is 0 Å². The molecule has 1 rings (SSSR count). The molecule has 0 amide bonds. The molecule has 0 aliphatic rings. The average molecular weight is 216 g/mol. The number of benzene rings is 1. The van der Waals surface area contributed by atoms with Crippen molar-refractivity contribution < 1.29 is 9.90 Å². The summed E-state index contributed by atoms with van der Waals surface area (Å²) in [5.41, 5.74) is 0.929. The monoisotopic (exact) mass is 216 g/mol. The Bertz CT molecular complexity index is 396. The zero-order valence-electron chi connectivity index (χ0n) is 9.60. The zero-order valence-corrected chi connectivity index (χ0v) is 9.60. The fourth-order valence-electron chi connectivity index (χ4n) is 1.34. The van der Waals surface area contributed by atoms with Crippen molar-refractivity contribution in [2.24, 2.45) is 11.8 Å². The molecule has 1 aromatic rings. The largest absolute Gasteiger partial charge is 0.481 e. The SMILES string of the molecule is CC(C)C(C#Cc1ccccc1)CC(=O)O. The smallest absolute Gasteiger partial charge is 0.304 e. The van der Waals surface area contributed by atoms with Gasteiger partial charge in [-0.3, -0.25) is 4.79 Å². The molecule has 0 aliphatic heterocycles. The Labute approximate surface area is 96.3 Å². The van der Waals surface area contributed by atoms with Crippen molar-refractivity contribution in [2.75, 3.05) is 0 Å². The lowest BCUT2D eigenvalue weighted by atomic mass is 9.93. The van der Waals surface area contributed by atoms with Gasteiger partial charge in [0.25, 0.3) is 0 Å². The van der Waals surface area contributed by atoms with Crippen LogP contribution in [-0.2, 0) is 4.79 Å². The van der Waals surface area contributed by atoms with Crippen LogP contribution in [-0.4, -0.2) is 11.1 Å². The van der Waals surface area contributed by atoms with E-state index in [1.165, 1.54) is 0 Å². The highest BCUT2D eigenvalue weighted by Gasteiger charge is 2.14. The van der Waals surface area contributed by atoms with E-state index >= 15 is 0 Å². The van der Waals surface area contributed by atoms with Crippen molar-refractivity contribution >= 4 is 5.97 Å². The molecule has 1 unspecified atom stereocenters. The van der Waals surface area contributed by atoms with Crippen molar-refractivity contribution in [3.05, 3.63) is 35.9 Å². The van der Waals surface area contributed by atoms with Crippen LogP contribution in [0.2, 0.25) is 0 Å². The highest BCUT2D eigenvalue weighted by atomic mass is 16.4. The molecule has 0 heterocycles. The Morgan fingerprint density at radius 2 is 1.94 bits per heavy atom. The van der Waals surface area contributed by atoms with E-state index in [1.54, 1.807) is 0 Å². The summed E-state index contributed by atoms with van der Waals surface area (Å²) < 4.78 is 0. The number of rotatable bonds is 3. The maximum absolute atomic E-state index is 10.7. The normalized spacial score (nSPS) is 11.7. The molecule has 84 valence electrons. The Hall–Kier alpha value is -1.75. The van der Waals surface area contributed by atoms with Gasteiger partial charge in [-0.1, -0.05) is 43.9 Å². The molecule has 0 spiro atoms. The van der Waals surface area contributed by atoms with E-state index in [0.29, 0.717) is 0 Å². The predicted molar refractivity (Wildman–Crippen MR) is 63.9 cm³/mol. The lowest BCUT2D eigenvalue weighted by Crippen LogP contribution is -2.11. The maximum atomic E-state index is 10.7. The van der Waals surface area contributed by atoms with E-state index in [9.17, 15) is 4.79 Å². The van der Waals surface area contributed by atoms with Gasteiger partial charge in [-0.05, 0) is 18.1 Å². The molecule has 0 radical (unpaired) electrons. The highest BCUT2D eigenvalue weighted by Crippen LogP contribution is 2.14. The number of carboxylic acids is 1. The van der Waals surface area contributed by atoms with Gasteiger partial charge in [0.2, 0.25) is 0 Å². The maximum Gasteiger partial charge on any atom is 0.304 e. The summed E-state index contributed by atoms with van der Waals surface area (Å²) in [7, 11) is 0. The zero-order chi connectivity index (χ0) is 12.0. The van der Waals surface area contributed by atoms with E-state index < -0.39 is 5.97 Å². The number of carboxylic acid groups (broad SMARTS) is 1. The summed E-state index contributed by atoms with van der Waals surface area (Å²) >= 11 is 0. The first-order chi connectivity index (χ1) is 7.59. The molecule has 0 aromatic heterocycles. The molecule has 1 N–H and O–H groups in total. The topological polar surface area (TPSA) is 37.3 Å². The molecule has 2 nitrogen and oxygen atoms in total. The van der Waals surface area contributed by atoms with Gasteiger partial charge in [0.15, 0.2) is 0 Å². The standard InChI is InChI=1S/C14H16O2/c1-11(2)13(10-14(15)16)9-8-12-6-4-3-5-7-12/h3-7,11,13H,10H2,1-2H3,(H,15,16). The molecule has 1 atom stereocenters. The molecule has 0 saturated carbocycles. The Balaban J connectivity index is 2.76. The fourth-order valence-corrected chi connectivity index (χ4v) is 1.34. The van der Waals surface area contributed by atoms with Gasteiger partial charge in [0.1, 0.15) is 0 Å². The first-order valence-electron chi connectivity index (χ1n) is 5.38. The molecular formula is C14H16O2. The van der Waals surface area contributed by atoms with Gasteiger partial charge in [-0.25, -0.2) is 0 Å². The second-order valence-electron chi connectivity index (χ2n) is 4.08. The molecule has 0 aliphatic carbocycles. The van der Waals surface area contributed by atoms with E-state index in [4.69, 9.17) is 5.11 Å². The highest BCUT2D eigenvalue weighted by molar-refractivity contribution is 5.67. The summed E-state index contributed by atoms with van der Waals surface area (Å²) in [4.78, 5) is 10.7. The van der Waals surface area contributed by atoms with Crippen LogP contribution in [0.15, 0.2) is 30.3 Å². The second kappa shape index (κ2) is 5.97. The minimum atomic E-state index is -0.791. The summed E-state index contributed by atoms with van der Waals surface area (Å²) in [5.74, 6) is 5.43. The van der Waals surface area contributed by atoms with Gasteiger partial charge in [-0.2, -0.15) is 0 Å². The molecule has 16 heavy (non-hydrogen) atoms. The summed E-state index contributed by atoms with van der Waals surface area (Å²) in [5, 5.41) is 8.76. The molecular weight excluding hydrogens is 200 g/mol. The molecule has 0 bridgehead atoms. The Morgan fingerprint density at radius 3 is 2.44 bits per heavy atom. The van der Waals surface area contributed by atoms with Crippen molar-refractivity contribution in [1.29, 1.82) is 0 Å². The van der Waals surface area contributed by atoms with Crippen LogP contribution in [0.1, 0.15) is 25.8 Å². The van der Waals surface area contributed by atoms with Crippen LogP contribution in [0.25, 0.3) is 0 Å². The van der Waals surface area contributed by atoms with E-state index in [0.717, 1.165) is 5.56 Å². The third kappa shape index (κ3) is 4.18. The number of aliphatic carboxylic acids is 1. The van der Waals surface area contributed by atoms with Crippen molar-refractivity contribution in [2.45, 2.75) is 20.3 Å². The summed E-state index contributed by atoms with van der Waals surface area (Å²) in [6.07, 6.45) is 0.109. The van der Waals surface area contributed by atoms with Crippen molar-refractivity contribution in [3.63, 3.8) is 0 Å². The number of carbonyl (C=O) groups is 1. The van der Waals surface area contributed by atoms with Crippen LogP contribution >= 0.6 is 0 Å². The minimum Gasteiger partial charge on any atom is -0.481 e. The first-order valence-corrected chi connectivity index (χ1v) is 5.38. The fraction of sp³-hybridized carbons (Fsp3) is 0.357. The Morgan fingerprint density at radius 1 is 1.31 bits per heavy atom. The second-order valence-corrected chi connectivity index (χ2v) is 4.08. The van der Waals surface area contributed by atoms with Crippen LogP contribution < -0.4 is 0 Å². The quantitative estimate of drug-likeness (QED) is 0.789. The molecule has 0 fully saturated rings. The average Bonchev–Trinajstić information content (AvgIpc) is 2.25. The van der Waals surface area contributed by atoms with Gasteiger partial charge in [-0.15, -0.1) is 0 Å². The van der Waals surface area contributed by atoms with E-state index in [2.05, 4.69) is 11.8 Å². The lowest BCUT2D eigenvalue weighted by molar-refractivity contribution is -0.137. The summed E-state index contributed by atoms with van der Waals surface area (Å²) in [6, 6.07) is 9.62. The van der Waals surface area contributed by atoms with E-state index in [-0.39, 0.29) is 18.3 Å². The van der Waals surface area contributed by atoms with Gasteiger partial charge in [0, 0.05) is 11.5 Å². The molecule has 2 heteroatoms. The van der Waals surface area contributed by atoms with Gasteiger partial charge >= 0.3 is 5.97 Å². The number of hydrogen-bond acceptors (Lipinski definition) is 1. The van der Waals surface area contributed by atoms with Gasteiger partial charge in [0.05, 0.1) is 6.42 Å². The van der Waals surface area contributed by atoms with Crippen molar-refractivity contribution in [3.8, 4) is 11.8 Å². The lowest BCUT2D eigenvalue weighted by Gasteiger charge is -2.11. The van der Waals surface area contributed by atoms with E-state index in [1.807, 2.05) is 44.2 Å². The Kier molecular flexibility index (Phi) is 4.60. The van der Waals surface area contributed by atoms with Crippen LogP contribution in [0.5, 0.6) is 0 Å².